The highest BCUT2D eigenvalue weighted by Gasteiger charge is 2.34. The Bertz CT molecular complexity index is 1290. The second kappa shape index (κ2) is 9.97. The van der Waals surface area contributed by atoms with Gasteiger partial charge in [0.25, 0.3) is 0 Å². The predicted molar refractivity (Wildman–Crippen MR) is 145 cm³/mol. The number of nitrogen functional groups attached to an aromatic ring is 1. The Morgan fingerprint density at radius 3 is 2.56 bits per heavy atom. The third kappa shape index (κ3) is 4.60. The van der Waals surface area contributed by atoms with Crippen molar-refractivity contribution in [1.29, 1.82) is 0 Å². The van der Waals surface area contributed by atoms with E-state index < -0.39 is 0 Å². The van der Waals surface area contributed by atoms with Crippen LogP contribution in [0.15, 0.2) is 36.4 Å². The van der Waals surface area contributed by atoms with Gasteiger partial charge >= 0.3 is 0 Å². The van der Waals surface area contributed by atoms with Crippen LogP contribution >= 0.6 is 0 Å². The van der Waals surface area contributed by atoms with Crippen molar-refractivity contribution in [1.82, 2.24) is 9.88 Å². The van der Waals surface area contributed by atoms with E-state index in [0.717, 1.165) is 71.0 Å². The monoisotopic (exact) mass is 488 g/mol. The fourth-order valence-corrected chi connectivity index (χ4v) is 5.34. The Balaban J connectivity index is 1.47. The number of carbonyl (C=O) groups excluding carboxylic acids is 1. The molecule has 0 spiro atoms. The number of anilines is 2. The maximum atomic E-state index is 12.6. The van der Waals surface area contributed by atoms with E-state index >= 15 is 0 Å². The summed E-state index contributed by atoms with van der Waals surface area (Å²) in [5, 5.41) is 2.31. The minimum absolute atomic E-state index is 0.0890. The van der Waals surface area contributed by atoms with E-state index in [-0.39, 0.29) is 11.9 Å². The van der Waals surface area contributed by atoms with E-state index in [2.05, 4.69) is 49.1 Å². The van der Waals surface area contributed by atoms with Crippen LogP contribution in [0.25, 0.3) is 21.9 Å². The third-order valence-electron chi connectivity index (χ3n) is 7.57. The number of methoxy groups -OCH3 is 2. The summed E-state index contributed by atoms with van der Waals surface area (Å²) in [6, 6.07) is 12.8. The van der Waals surface area contributed by atoms with Gasteiger partial charge in [-0.1, -0.05) is 18.2 Å². The molecule has 1 saturated carbocycles. The molecule has 1 atom stereocenters. The molecule has 2 heterocycles. The summed E-state index contributed by atoms with van der Waals surface area (Å²) in [5.74, 6) is 2.33. The number of hydrogen-bond donors (Lipinski definition) is 1. The van der Waals surface area contributed by atoms with Gasteiger partial charge in [-0.15, -0.1) is 0 Å². The van der Waals surface area contributed by atoms with E-state index in [1.54, 1.807) is 14.2 Å². The van der Waals surface area contributed by atoms with Crippen molar-refractivity contribution in [3.8, 4) is 16.9 Å². The van der Waals surface area contributed by atoms with Gasteiger partial charge in [0, 0.05) is 44.3 Å². The van der Waals surface area contributed by atoms with Crippen molar-refractivity contribution in [3.63, 3.8) is 0 Å². The van der Waals surface area contributed by atoms with E-state index in [9.17, 15) is 4.79 Å². The summed E-state index contributed by atoms with van der Waals surface area (Å²) in [7, 11) is 3.32. The zero-order valence-corrected chi connectivity index (χ0v) is 21.7. The molecule has 1 amide bonds. The summed E-state index contributed by atoms with van der Waals surface area (Å²) < 4.78 is 10.5. The quantitative estimate of drug-likeness (QED) is 0.517. The van der Waals surface area contributed by atoms with Gasteiger partial charge in [-0.05, 0) is 66.8 Å². The number of piperazine rings is 1. The number of rotatable bonds is 7. The smallest absolute Gasteiger partial charge is 0.225 e. The number of hydrogen-bond acceptors (Lipinski definition) is 6. The van der Waals surface area contributed by atoms with Gasteiger partial charge in [-0.25, -0.2) is 4.98 Å². The van der Waals surface area contributed by atoms with Crippen molar-refractivity contribution in [3.05, 3.63) is 47.7 Å². The van der Waals surface area contributed by atoms with Gasteiger partial charge in [-0.2, -0.15) is 0 Å². The van der Waals surface area contributed by atoms with Crippen LogP contribution in [-0.4, -0.2) is 62.3 Å². The summed E-state index contributed by atoms with van der Waals surface area (Å²) in [5.41, 5.74) is 12.1. The highest BCUT2D eigenvalue weighted by atomic mass is 16.5. The average molecular weight is 489 g/mol. The molecule has 1 aromatic heterocycles. The van der Waals surface area contributed by atoms with Crippen LogP contribution in [0.2, 0.25) is 0 Å². The van der Waals surface area contributed by atoms with Crippen LogP contribution in [0.4, 0.5) is 11.5 Å². The van der Waals surface area contributed by atoms with Gasteiger partial charge in [0.2, 0.25) is 5.91 Å². The number of aromatic nitrogens is 1. The van der Waals surface area contributed by atoms with Crippen molar-refractivity contribution in [2.24, 2.45) is 0 Å². The number of fused-ring (bicyclic) bond motifs is 1. The van der Waals surface area contributed by atoms with E-state index in [4.69, 9.17) is 20.2 Å². The molecule has 5 rings (SSSR count). The minimum atomic E-state index is 0.0890. The summed E-state index contributed by atoms with van der Waals surface area (Å²) in [6.45, 7) is 6.78. The molecule has 2 aliphatic rings. The lowest BCUT2D eigenvalue weighted by atomic mass is 9.93. The first-order valence-electron chi connectivity index (χ1n) is 12.8. The lowest BCUT2D eigenvalue weighted by molar-refractivity contribution is -0.134. The van der Waals surface area contributed by atoms with Crippen molar-refractivity contribution < 1.29 is 14.3 Å². The van der Waals surface area contributed by atoms with E-state index in [1.807, 2.05) is 11.0 Å². The third-order valence-corrected chi connectivity index (χ3v) is 7.57. The fraction of sp³-hybridized carbons (Fsp3) is 0.448. The maximum Gasteiger partial charge on any atom is 0.225 e. The molecule has 1 aliphatic heterocycles. The van der Waals surface area contributed by atoms with Crippen molar-refractivity contribution in [2.75, 3.05) is 51.1 Å². The van der Waals surface area contributed by atoms with Gasteiger partial charge in [-0.3, -0.25) is 4.79 Å². The molecule has 1 aliphatic carbocycles. The topological polar surface area (TPSA) is 80.9 Å². The van der Waals surface area contributed by atoms with Gasteiger partial charge in [0.15, 0.2) is 5.82 Å². The number of carbonyl (C=O) groups is 1. The number of nitrogens with zero attached hydrogens (tertiary/aromatic N) is 3. The predicted octanol–water partition coefficient (Wildman–Crippen LogP) is 4.75. The van der Waals surface area contributed by atoms with Crippen LogP contribution in [0.1, 0.15) is 43.4 Å². The lowest BCUT2D eigenvalue weighted by Gasteiger charge is -2.41. The first kappa shape index (κ1) is 24.4. The van der Waals surface area contributed by atoms with Gasteiger partial charge in [0.1, 0.15) is 5.75 Å². The normalized spacial score (nSPS) is 18.1. The molecule has 36 heavy (non-hydrogen) atoms. The number of pyridine rings is 1. The Morgan fingerprint density at radius 1 is 1.11 bits per heavy atom. The minimum Gasteiger partial charge on any atom is -0.497 e. The molecule has 2 fully saturated rings. The first-order valence-corrected chi connectivity index (χ1v) is 12.8. The second-order valence-corrected chi connectivity index (χ2v) is 10.1. The van der Waals surface area contributed by atoms with E-state index in [0.29, 0.717) is 25.5 Å². The SMILES string of the molecule is COCCC(=O)N1CCN(c2nc(C3CC3)c(-c3ccc4cc(OC)ccc4c3)c(C)c2N)C[C@H]1C. The molecule has 1 saturated heterocycles. The lowest BCUT2D eigenvalue weighted by Crippen LogP contribution is -2.54. The Kier molecular flexibility index (Phi) is 6.75. The molecule has 7 heteroatoms. The molecular weight excluding hydrogens is 452 g/mol. The number of amides is 1. The fourth-order valence-electron chi connectivity index (χ4n) is 5.34. The molecule has 0 unspecified atom stereocenters. The molecule has 0 radical (unpaired) electrons. The molecule has 2 N–H and O–H groups in total. The molecule has 0 bridgehead atoms. The highest BCUT2D eigenvalue weighted by Crippen LogP contribution is 2.47. The largest absolute Gasteiger partial charge is 0.497 e. The molecule has 3 aromatic rings. The average Bonchev–Trinajstić information content (AvgIpc) is 3.73. The molecular formula is C29H36N4O3. The first-order chi connectivity index (χ1) is 17.4. The number of benzene rings is 2. The molecule has 7 nitrogen and oxygen atoms in total. The van der Waals surface area contributed by atoms with Crippen LogP contribution in [0, 0.1) is 6.92 Å². The zero-order valence-electron chi connectivity index (χ0n) is 21.7. The zero-order chi connectivity index (χ0) is 25.4. The van der Waals surface area contributed by atoms with Crippen LogP contribution < -0.4 is 15.4 Å². The van der Waals surface area contributed by atoms with Gasteiger partial charge in [0.05, 0.1) is 31.5 Å². The summed E-state index contributed by atoms with van der Waals surface area (Å²) in [4.78, 5) is 22.0. The second-order valence-electron chi connectivity index (χ2n) is 10.1. The number of ether oxygens (including phenoxy) is 2. The standard InChI is InChI=1S/C29H36N4O3/c1-18-17-32(12-13-33(18)25(34)11-14-35-3)29-27(30)19(2)26(28(31-29)20-5-6-20)23-8-7-22-16-24(36-4)10-9-21(22)15-23/h7-10,15-16,18,20H,5-6,11-14,17,30H2,1-4H3/t18-/m1/s1. The Morgan fingerprint density at radius 2 is 1.86 bits per heavy atom. The maximum absolute atomic E-state index is 12.6. The van der Waals surface area contributed by atoms with Crippen LogP contribution in [0.3, 0.4) is 0 Å². The Labute approximate surface area is 213 Å². The van der Waals surface area contributed by atoms with Crippen molar-refractivity contribution >= 4 is 28.2 Å². The molecule has 190 valence electrons. The molecule has 2 aromatic carbocycles. The highest BCUT2D eigenvalue weighted by molar-refractivity contribution is 5.91. The Hall–Kier alpha value is -3.32. The van der Waals surface area contributed by atoms with Crippen LogP contribution in [-0.2, 0) is 9.53 Å². The van der Waals surface area contributed by atoms with Crippen molar-refractivity contribution in [2.45, 2.75) is 45.1 Å². The number of nitrogens with two attached hydrogens (primary N) is 1. The van der Waals surface area contributed by atoms with Crippen LogP contribution in [0.5, 0.6) is 5.75 Å². The summed E-state index contributed by atoms with van der Waals surface area (Å²) in [6.07, 6.45) is 2.73. The van der Waals surface area contributed by atoms with Gasteiger partial charge < -0.3 is 25.0 Å². The summed E-state index contributed by atoms with van der Waals surface area (Å²) >= 11 is 0. The van der Waals surface area contributed by atoms with E-state index in [1.165, 1.54) is 5.39 Å².